The van der Waals surface area contributed by atoms with Gasteiger partial charge in [-0.05, 0) is 6.08 Å². The summed E-state index contributed by atoms with van der Waals surface area (Å²) >= 11 is 0. The van der Waals surface area contributed by atoms with Crippen molar-refractivity contribution in [2.45, 2.75) is 0 Å². The van der Waals surface area contributed by atoms with Crippen LogP contribution in [0.5, 0.6) is 0 Å². The third-order valence-corrected chi connectivity index (χ3v) is 3.06. The molecule has 0 aliphatic carbocycles. The predicted molar refractivity (Wildman–Crippen MR) is 68.4 cm³/mol. The van der Waals surface area contributed by atoms with Crippen LogP contribution in [0.3, 0.4) is 0 Å². The first kappa shape index (κ1) is 12.6. The zero-order valence-corrected chi connectivity index (χ0v) is 10.6. The number of ether oxygens (including phenoxy) is 1. The van der Waals surface area contributed by atoms with Gasteiger partial charge in [-0.25, -0.2) is 4.79 Å². The molecule has 1 saturated heterocycles. The van der Waals surface area contributed by atoms with E-state index in [1.807, 2.05) is 6.20 Å². The van der Waals surface area contributed by atoms with E-state index in [0.717, 1.165) is 17.7 Å². The quantitative estimate of drug-likeness (QED) is 0.703. The van der Waals surface area contributed by atoms with Crippen molar-refractivity contribution < 1.29 is 4.74 Å². The Morgan fingerprint density at radius 1 is 1.17 bits per heavy atom. The maximum atomic E-state index is 11.7. The lowest BCUT2D eigenvalue weighted by Crippen LogP contribution is -2.37. The van der Waals surface area contributed by atoms with E-state index in [1.54, 1.807) is 13.1 Å². The van der Waals surface area contributed by atoms with Gasteiger partial charge in [0.2, 0.25) is 0 Å². The average molecular weight is 251 g/mol. The van der Waals surface area contributed by atoms with Crippen molar-refractivity contribution in [2.75, 3.05) is 26.3 Å². The highest BCUT2D eigenvalue weighted by Gasteiger charge is 2.06. The van der Waals surface area contributed by atoms with Gasteiger partial charge in [-0.2, -0.15) is 0 Å². The fraction of sp³-hybridized carbons (Fsp3) is 0.500. The number of hydrogen-bond donors (Lipinski definition) is 0. The summed E-state index contributed by atoms with van der Waals surface area (Å²) in [6, 6.07) is 1.46. The highest BCUT2D eigenvalue weighted by molar-refractivity contribution is 5.43. The SMILES string of the molecule is Cn1c(/C=C/N2CCOCC2)cc(=O)n(C)c1=O. The van der Waals surface area contributed by atoms with Gasteiger partial charge >= 0.3 is 5.69 Å². The molecule has 6 heteroatoms. The summed E-state index contributed by atoms with van der Waals surface area (Å²) in [6.45, 7) is 3.07. The van der Waals surface area contributed by atoms with Crippen LogP contribution < -0.4 is 11.2 Å². The number of nitrogens with zero attached hydrogens (tertiary/aromatic N) is 3. The first-order valence-corrected chi connectivity index (χ1v) is 5.86. The van der Waals surface area contributed by atoms with Gasteiger partial charge in [0.1, 0.15) is 0 Å². The smallest absolute Gasteiger partial charge is 0.330 e. The Hall–Kier alpha value is -1.82. The Kier molecular flexibility index (Phi) is 3.66. The Balaban J connectivity index is 2.26. The van der Waals surface area contributed by atoms with Gasteiger partial charge in [0.15, 0.2) is 0 Å². The maximum absolute atomic E-state index is 11.7. The first-order chi connectivity index (χ1) is 8.59. The molecule has 0 unspecified atom stereocenters. The summed E-state index contributed by atoms with van der Waals surface area (Å²) < 4.78 is 7.79. The molecule has 1 fully saturated rings. The van der Waals surface area contributed by atoms with Crippen molar-refractivity contribution in [1.82, 2.24) is 14.0 Å². The third-order valence-electron chi connectivity index (χ3n) is 3.06. The molecular weight excluding hydrogens is 234 g/mol. The molecule has 0 N–H and O–H groups in total. The van der Waals surface area contributed by atoms with Crippen LogP contribution in [0.2, 0.25) is 0 Å². The molecule has 0 spiro atoms. The molecule has 2 heterocycles. The lowest BCUT2D eigenvalue weighted by atomic mass is 10.3. The van der Waals surface area contributed by atoms with Gasteiger partial charge in [0.25, 0.3) is 5.56 Å². The molecule has 2 rings (SSSR count). The van der Waals surface area contributed by atoms with Crippen LogP contribution in [-0.2, 0) is 18.8 Å². The standard InChI is InChI=1S/C12H17N3O3/c1-13-10(9-11(16)14(2)12(13)17)3-4-15-5-7-18-8-6-15/h3-4,9H,5-8H2,1-2H3/b4-3+. The predicted octanol–water partition coefficient (Wildman–Crippen LogP) is -0.613. The molecule has 98 valence electrons. The largest absolute Gasteiger partial charge is 0.378 e. The van der Waals surface area contributed by atoms with Gasteiger partial charge in [0.05, 0.1) is 18.9 Å². The van der Waals surface area contributed by atoms with E-state index in [4.69, 9.17) is 4.74 Å². The van der Waals surface area contributed by atoms with E-state index in [0.29, 0.717) is 18.9 Å². The topological polar surface area (TPSA) is 56.5 Å². The fourth-order valence-electron chi connectivity index (χ4n) is 1.82. The monoisotopic (exact) mass is 251 g/mol. The van der Waals surface area contributed by atoms with Crippen molar-refractivity contribution in [1.29, 1.82) is 0 Å². The molecule has 0 saturated carbocycles. The van der Waals surface area contributed by atoms with Gasteiger partial charge in [0, 0.05) is 39.5 Å². The maximum Gasteiger partial charge on any atom is 0.330 e. The van der Waals surface area contributed by atoms with Gasteiger partial charge in [-0.3, -0.25) is 13.9 Å². The molecule has 0 atom stereocenters. The molecular formula is C12H17N3O3. The molecule has 1 aliphatic rings. The van der Waals surface area contributed by atoms with E-state index in [2.05, 4.69) is 4.90 Å². The average Bonchev–Trinajstić information content (AvgIpc) is 2.40. The van der Waals surface area contributed by atoms with E-state index >= 15 is 0 Å². The second kappa shape index (κ2) is 5.22. The molecule has 1 aliphatic heterocycles. The molecule has 1 aromatic heterocycles. The van der Waals surface area contributed by atoms with Crippen LogP contribution in [0.4, 0.5) is 0 Å². The van der Waals surface area contributed by atoms with Crippen LogP contribution in [0.15, 0.2) is 21.9 Å². The van der Waals surface area contributed by atoms with E-state index in [-0.39, 0.29) is 11.2 Å². The van der Waals surface area contributed by atoms with Crippen molar-refractivity contribution in [3.63, 3.8) is 0 Å². The highest BCUT2D eigenvalue weighted by Crippen LogP contribution is 2.01. The Morgan fingerprint density at radius 2 is 1.83 bits per heavy atom. The number of morpholine rings is 1. The van der Waals surface area contributed by atoms with Crippen LogP contribution >= 0.6 is 0 Å². The van der Waals surface area contributed by atoms with Crippen molar-refractivity contribution in [3.8, 4) is 0 Å². The normalized spacial score (nSPS) is 16.4. The molecule has 18 heavy (non-hydrogen) atoms. The summed E-state index contributed by atoms with van der Waals surface area (Å²) in [4.78, 5) is 25.4. The molecule has 1 aromatic rings. The lowest BCUT2D eigenvalue weighted by molar-refractivity contribution is 0.0597. The van der Waals surface area contributed by atoms with Crippen LogP contribution in [0.1, 0.15) is 5.69 Å². The van der Waals surface area contributed by atoms with E-state index < -0.39 is 0 Å². The minimum atomic E-state index is -0.316. The summed E-state index contributed by atoms with van der Waals surface area (Å²) in [5, 5.41) is 0. The van der Waals surface area contributed by atoms with Crippen LogP contribution in [0.25, 0.3) is 6.08 Å². The number of aromatic nitrogens is 2. The minimum Gasteiger partial charge on any atom is -0.378 e. The lowest BCUT2D eigenvalue weighted by Gasteiger charge is -2.25. The molecule has 0 amide bonds. The molecule has 0 radical (unpaired) electrons. The summed E-state index contributed by atoms with van der Waals surface area (Å²) in [5.74, 6) is 0. The van der Waals surface area contributed by atoms with Crippen LogP contribution in [-0.4, -0.2) is 40.3 Å². The Labute approximate surface area is 105 Å². The fourth-order valence-corrected chi connectivity index (χ4v) is 1.82. The van der Waals surface area contributed by atoms with Crippen molar-refractivity contribution in [3.05, 3.63) is 38.8 Å². The summed E-state index contributed by atoms with van der Waals surface area (Å²) in [6.07, 6.45) is 3.69. The molecule has 0 aromatic carbocycles. The van der Waals surface area contributed by atoms with Crippen molar-refractivity contribution in [2.24, 2.45) is 14.1 Å². The highest BCUT2D eigenvalue weighted by atomic mass is 16.5. The number of hydrogen-bond acceptors (Lipinski definition) is 4. The minimum absolute atomic E-state index is 0.292. The Morgan fingerprint density at radius 3 is 2.50 bits per heavy atom. The molecule has 0 bridgehead atoms. The zero-order chi connectivity index (χ0) is 13.1. The summed E-state index contributed by atoms with van der Waals surface area (Å²) in [7, 11) is 3.13. The Bertz CT molecular complexity index is 565. The second-order valence-corrected chi connectivity index (χ2v) is 4.27. The number of rotatable bonds is 2. The van der Waals surface area contributed by atoms with Gasteiger partial charge < -0.3 is 9.64 Å². The third kappa shape index (κ3) is 2.53. The summed E-state index contributed by atoms with van der Waals surface area (Å²) in [5.41, 5.74) is -0.00144. The van der Waals surface area contributed by atoms with Crippen molar-refractivity contribution >= 4 is 6.08 Å². The molecule has 6 nitrogen and oxygen atoms in total. The van der Waals surface area contributed by atoms with Gasteiger partial charge in [-0.15, -0.1) is 0 Å². The van der Waals surface area contributed by atoms with Gasteiger partial charge in [-0.1, -0.05) is 0 Å². The van der Waals surface area contributed by atoms with E-state index in [9.17, 15) is 9.59 Å². The zero-order valence-electron chi connectivity index (χ0n) is 10.6. The second-order valence-electron chi connectivity index (χ2n) is 4.27. The first-order valence-electron chi connectivity index (χ1n) is 5.86. The van der Waals surface area contributed by atoms with Crippen LogP contribution in [0, 0.1) is 0 Å². The van der Waals surface area contributed by atoms with E-state index in [1.165, 1.54) is 17.7 Å².